The second kappa shape index (κ2) is 3.57. The van der Waals surface area contributed by atoms with Crippen molar-refractivity contribution in [3.05, 3.63) is 0 Å². The van der Waals surface area contributed by atoms with Crippen molar-refractivity contribution < 1.29 is 4.79 Å². The monoisotopic (exact) mass is 157 g/mol. The second-order valence-electron chi connectivity index (χ2n) is 2.83. The molecule has 0 aromatic rings. The predicted octanol–water partition coefficient (Wildman–Crippen LogP) is -0.297. The van der Waals surface area contributed by atoms with E-state index in [0.717, 1.165) is 19.5 Å². The molecule has 0 spiro atoms. The molecular formula is C7H15N3O. The van der Waals surface area contributed by atoms with E-state index in [1.165, 1.54) is 0 Å². The van der Waals surface area contributed by atoms with Crippen LogP contribution in [0.25, 0.3) is 0 Å². The van der Waals surface area contributed by atoms with Gasteiger partial charge in [-0.25, -0.2) is 4.79 Å². The maximum Gasteiger partial charge on any atom is 0.319 e. The molecule has 0 unspecified atom stereocenters. The van der Waals surface area contributed by atoms with E-state index in [1.807, 2.05) is 7.05 Å². The minimum Gasteiger partial charge on any atom is -0.329 e. The lowest BCUT2D eigenvalue weighted by atomic mass is 10.3. The zero-order valence-corrected chi connectivity index (χ0v) is 6.92. The molecule has 2 N–H and O–H groups in total. The van der Waals surface area contributed by atoms with E-state index in [-0.39, 0.29) is 6.03 Å². The first-order chi connectivity index (χ1) is 5.25. The first-order valence-electron chi connectivity index (χ1n) is 3.96. The molecule has 1 aliphatic heterocycles. The fourth-order valence-electron chi connectivity index (χ4n) is 1.29. The number of nitrogens with two attached hydrogens (primary N) is 1. The zero-order chi connectivity index (χ0) is 8.27. The number of hydrogen-bond donors (Lipinski definition) is 1. The van der Waals surface area contributed by atoms with E-state index >= 15 is 0 Å². The van der Waals surface area contributed by atoms with Gasteiger partial charge in [-0.05, 0) is 6.42 Å². The summed E-state index contributed by atoms with van der Waals surface area (Å²) < 4.78 is 0. The Morgan fingerprint density at radius 1 is 1.55 bits per heavy atom. The van der Waals surface area contributed by atoms with Crippen LogP contribution < -0.4 is 5.73 Å². The van der Waals surface area contributed by atoms with Crippen LogP contribution in [-0.2, 0) is 0 Å². The van der Waals surface area contributed by atoms with Crippen molar-refractivity contribution in [2.75, 3.05) is 33.2 Å². The third kappa shape index (κ3) is 1.83. The highest BCUT2D eigenvalue weighted by Gasteiger charge is 2.20. The summed E-state index contributed by atoms with van der Waals surface area (Å²) in [6, 6.07) is 0.113. The molecule has 1 saturated heterocycles. The molecule has 0 bridgehead atoms. The molecule has 11 heavy (non-hydrogen) atoms. The number of carbonyl (C=O) groups is 1. The van der Waals surface area contributed by atoms with Gasteiger partial charge in [0, 0.05) is 33.2 Å². The third-order valence-corrected chi connectivity index (χ3v) is 1.92. The second-order valence-corrected chi connectivity index (χ2v) is 2.83. The largest absolute Gasteiger partial charge is 0.329 e. The summed E-state index contributed by atoms with van der Waals surface area (Å²) >= 11 is 0. The van der Waals surface area contributed by atoms with Gasteiger partial charge >= 0.3 is 6.03 Å². The summed E-state index contributed by atoms with van der Waals surface area (Å²) in [6.45, 7) is 2.98. The van der Waals surface area contributed by atoms with Crippen molar-refractivity contribution in [3.63, 3.8) is 0 Å². The van der Waals surface area contributed by atoms with E-state index in [2.05, 4.69) is 0 Å². The minimum absolute atomic E-state index is 0.113. The third-order valence-electron chi connectivity index (χ3n) is 1.92. The van der Waals surface area contributed by atoms with Gasteiger partial charge in [-0.15, -0.1) is 0 Å². The molecule has 0 aromatic heterocycles. The molecule has 0 aliphatic carbocycles. The van der Waals surface area contributed by atoms with Gasteiger partial charge in [0.25, 0.3) is 0 Å². The highest BCUT2D eigenvalue weighted by atomic mass is 16.2. The number of nitrogens with zero attached hydrogens (tertiary/aromatic N) is 2. The maximum atomic E-state index is 11.3. The van der Waals surface area contributed by atoms with Gasteiger partial charge in [0.2, 0.25) is 0 Å². The van der Waals surface area contributed by atoms with E-state index in [0.29, 0.717) is 13.1 Å². The SMILES string of the molecule is CN1CCCN(CCN)C1=O. The molecule has 2 amide bonds. The lowest BCUT2D eigenvalue weighted by Gasteiger charge is -2.32. The molecular weight excluding hydrogens is 142 g/mol. The summed E-state index contributed by atoms with van der Waals surface area (Å²) in [5.41, 5.74) is 5.35. The summed E-state index contributed by atoms with van der Waals surface area (Å²) in [5, 5.41) is 0. The van der Waals surface area contributed by atoms with Crippen LogP contribution in [0, 0.1) is 0 Å². The quantitative estimate of drug-likeness (QED) is 0.598. The number of hydrogen-bond acceptors (Lipinski definition) is 2. The molecule has 0 aromatic carbocycles. The van der Waals surface area contributed by atoms with Crippen LogP contribution in [0.15, 0.2) is 0 Å². The maximum absolute atomic E-state index is 11.3. The molecule has 64 valence electrons. The average molecular weight is 157 g/mol. The molecule has 1 heterocycles. The van der Waals surface area contributed by atoms with E-state index in [1.54, 1.807) is 9.80 Å². The van der Waals surface area contributed by atoms with Gasteiger partial charge in [0.15, 0.2) is 0 Å². The van der Waals surface area contributed by atoms with Crippen molar-refractivity contribution >= 4 is 6.03 Å². The van der Waals surface area contributed by atoms with E-state index in [9.17, 15) is 4.79 Å². The van der Waals surface area contributed by atoms with Crippen LogP contribution in [0.3, 0.4) is 0 Å². The lowest BCUT2D eigenvalue weighted by molar-refractivity contribution is 0.143. The number of amides is 2. The highest BCUT2D eigenvalue weighted by Crippen LogP contribution is 2.05. The van der Waals surface area contributed by atoms with Crippen molar-refractivity contribution in [2.24, 2.45) is 5.73 Å². The average Bonchev–Trinajstić information content (AvgIpc) is 1.99. The number of carbonyl (C=O) groups excluding carboxylic acids is 1. The normalized spacial score (nSPS) is 19.3. The molecule has 0 saturated carbocycles. The van der Waals surface area contributed by atoms with Gasteiger partial charge in [-0.3, -0.25) is 0 Å². The van der Waals surface area contributed by atoms with Crippen LogP contribution in [0.2, 0.25) is 0 Å². The smallest absolute Gasteiger partial charge is 0.319 e. The summed E-state index contributed by atoms with van der Waals surface area (Å²) in [4.78, 5) is 14.8. The molecule has 4 nitrogen and oxygen atoms in total. The van der Waals surface area contributed by atoms with Crippen LogP contribution in [-0.4, -0.2) is 49.1 Å². The Hall–Kier alpha value is -0.770. The van der Waals surface area contributed by atoms with E-state index in [4.69, 9.17) is 5.73 Å². The van der Waals surface area contributed by atoms with Gasteiger partial charge < -0.3 is 15.5 Å². The van der Waals surface area contributed by atoms with Crippen molar-refractivity contribution in [1.82, 2.24) is 9.80 Å². The molecule has 4 heteroatoms. The fourth-order valence-corrected chi connectivity index (χ4v) is 1.29. The zero-order valence-electron chi connectivity index (χ0n) is 6.92. The Morgan fingerprint density at radius 3 is 2.91 bits per heavy atom. The van der Waals surface area contributed by atoms with Gasteiger partial charge in [-0.2, -0.15) is 0 Å². The summed E-state index contributed by atoms with van der Waals surface area (Å²) in [5.74, 6) is 0. The standard InChI is InChI=1S/C7H15N3O/c1-9-4-2-5-10(6-3-8)7(9)11/h2-6,8H2,1H3. The first kappa shape index (κ1) is 8.33. The lowest BCUT2D eigenvalue weighted by Crippen LogP contribution is -2.48. The Kier molecular flexibility index (Phi) is 2.70. The predicted molar refractivity (Wildman–Crippen MR) is 43.3 cm³/mol. The van der Waals surface area contributed by atoms with Gasteiger partial charge in [0.1, 0.15) is 0 Å². The highest BCUT2D eigenvalue weighted by molar-refractivity contribution is 5.74. The molecule has 0 atom stereocenters. The topological polar surface area (TPSA) is 49.6 Å². The Bertz CT molecular complexity index is 147. The fraction of sp³-hybridized carbons (Fsp3) is 0.857. The van der Waals surface area contributed by atoms with Crippen molar-refractivity contribution in [2.45, 2.75) is 6.42 Å². The van der Waals surface area contributed by atoms with Gasteiger partial charge in [0.05, 0.1) is 0 Å². The molecule has 0 radical (unpaired) electrons. The van der Waals surface area contributed by atoms with E-state index < -0.39 is 0 Å². The minimum atomic E-state index is 0.113. The summed E-state index contributed by atoms with van der Waals surface area (Å²) in [6.07, 6.45) is 1.06. The van der Waals surface area contributed by atoms with Crippen molar-refractivity contribution in [3.8, 4) is 0 Å². The van der Waals surface area contributed by atoms with Crippen LogP contribution in [0.4, 0.5) is 4.79 Å². The molecule has 1 aliphatic rings. The Labute approximate surface area is 66.9 Å². The Morgan fingerprint density at radius 2 is 2.27 bits per heavy atom. The molecule has 1 fully saturated rings. The van der Waals surface area contributed by atoms with Crippen molar-refractivity contribution in [1.29, 1.82) is 0 Å². The van der Waals surface area contributed by atoms with Gasteiger partial charge in [-0.1, -0.05) is 0 Å². The summed E-state index contributed by atoms with van der Waals surface area (Å²) in [7, 11) is 1.82. The number of rotatable bonds is 2. The molecule has 1 rings (SSSR count). The van der Waals surface area contributed by atoms with Crippen LogP contribution in [0.1, 0.15) is 6.42 Å². The number of urea groups is 1. The first-order valence-corrected chi connectivity index (χ1v) is 3.96. The Balaban J connectivity index is 2.44. The van der Waals surface area contributed by atoms with Crippen LogP contribution >= 0.6 is 0 Å². The van der Waals surface area contributed by atoms with Crippen LogP contribution in [0.5, 0.6) is 0 Å².